The summed E-state index contributed by atoms with van der Waals surface area (Å²) in [5, 5.41) is 0. The third-order valence-corrected chi connectivity index (χ3v) is 6.03. The number of nitrogens with zero attached hydrogens (tertiary/aromatic N) is 5. The first-order valence-electron chi connectivity index (χ1n) is 10.3. The van der Waals surface area contributed by atoms with E-state index >= 15 is 0 Å². The zero-order chi connectivity index (χ0) is 20.3. The van der Waals surface area contributed by atoms with Crippen LogP contribution in [0.15, 0.2) is 36.9 Å². The van der Waals surface area contributed by atoms with Gasteiger partial charge in [-0.1, -0.05) is 6.07 Å². The lowest BCUT2D eigenvalue weighted by Gasteiger charge is -2.48. The van der Waals surface area contributed by atoms with Gasteiger partial charge in [0.1, 0.15) is 0 Å². The van der Waals surface area contributed by atoms with Crippen molar-refractivity contribution in [2.24, 2.45) is 5.41 Å². The maximum absolute atomic E-state index is 12.9. The van der Waals surface area contributed by atoms with Gasteiger partial charge in [-0.15, -0.1) is 0 Å². The highest BCUT2D eigenvalue weighted by atomic mass is 16.2. The Balaban J connectivity index is 1.43. The van der Waals surface area contributed by atoms with E-state index in [-0.39, 0.29) is 17.2 Å². The Bertz CT molecular complexity index is 871. The van der Waals surface area contributed by atoms with Crippen LogP contribution in [0.3, 0.4) is 0 Å². The Morgan fingerprint density at radius 2 is 2.07 bits per heavy atom. The molecule has 0 saturated carbocycles. The van der Waals surface area contributed by atoms with Crippen molar-refractivity contribution in [1.82, 2.24) is 24.8 Å². The van der Waals surface area contributed by atoms with Crippen molar-refractivity contribution in [1.29, 1.82) is 0 Å². The monoisotopic (exact) mass is 393 g/mol. The first-order chi connectivity index (χ1) is 14.0. The molecule has 1 spiro atoms. The van der Waals surface area contributed by atoms with Crippen LogP contribution in [0.25, 0.3) is 0 Å². The van der Waals surface area contributed by atoms with Gasteiger partial charge in [0, 0.05) is 50.1 Å². The van der Waals surface area contributed by atoms with Gasteiger partial charge in [-0.05, 0) is 37.8 Å². The van der Waals surface area contributed by atoms with E-state index in [9.17, 15) is 9.59 Å². The number of likely N-dealkylation sites (tertiary alicyclic amines) is 2. The lowest BCUT2D eigenvalue weighted by Crippen LogP contribution is -2.55. The maximum atomic E-state index is 12.9. The zero-order valence-electron chi connectivity index (χ0n) is 16.9. The topological polar surface area (TPSA) is 79.3 Å². The molecular formula is C22H27N5O2. The van der Waals surface area contributed by atoms with Gasteiger partial charge in [0.25, 0.3) is 0 Å². The molecule has 0 N–H and O–H groups in total. The summed E-state index contributed by atoms with van der Waals surface area (Å²) in [7, 11) is 0. The standard InChI is InChI=1S/C22H27N5O2/c1-17-11-25-19(13-24-17)14-27-16-22(7-5-20(27)28)6-3-9-26(15-22)21(29)10-18-4-2-8-23-12-18/h2,4,8,11-13H,3,5-7,9-10,14-16H2,1H3/t22-/m0/s1. The molecule has 2 fully saturated rings. The van der Waals surface area contributed by atoms with Crippen LogP contribution in [0.4, 0.5) is 0 Å². The third kappa shape index (κ3) is 4.60. The summed E-state index contributed by atoms with van der Waals surface area (Å²) in [5.74, 6) is 0.307. The molecule has 29 heavy (non-hydrogen) atoms. The number of pyridine rings is 1. The number of hydrogen-bond donors (Lipinski definition) is 0. The maximum Gasteiger partial charge on any atom is 0.227 e. The summed E-state index contributed by atoms with van der Waals surface area (Å²) < 4.78 is 0. The van der Waals surface area contributed by atoms with Gasteiger partial charge >= 0.3 is 0 Å². The third-order valence-electron chi connectivity index (χ3n) is 6.03. The molecule has 4 heterocycles. The van der Waals surface area contributed by atoms with Crippen LogP contribution in [0.2, 0.25) is 0 Å². The molecule has 2 aromatic heterocycles. The lowest BCUT2D eigenvalue weighted by molar-refractivity contribution is -0.143. The van der Waals surface area contributed by atoms with E-state index in [1.165, 1.54) is 0 Å². The quantitative estimate of drug-likeness (QED) is 0.795. The number of aromatic nitrogens is 3. The van der Waals surface area contributed by atoms with E-state index in [4.69, 9.17) is 0 Å². The fraction of sp³-hybridized carbons (Fsp3) is 0.500. The van der Waals surface area contributed by atoms with Gasteiger partial charge in [0.05, 0.1) is 30.6 Å². The van der Waals surface area contributed by atoms with Crippen molar-refractivity contribution in [2.75, 3.05) is 19.6 Å². The summed E-state index contributed by atoms with van der Waals surface area (Å²) in [6.07, 6.45) is 10.7. The minimum atomic E-state index is -0.0190. The highest BCUT2D eigenvalue weighted by Gasteiger charge is 2.42. The Labute approximate surface area is 171 Å². The highest BCUT2D eigenvalue weighted by molar-refractivity contribution is 5.79. The second-order valence-electron chi connectivity index (χ2n) is 8.36. The van der Waals surface area contributed by atoms with Crippen LogP contribution < -0.4 is 0 Å². The second kappa shape index (κ2) is 8.27. The molecule has 2 aliphatic heterocycles. The van der Waals surface area contributed by atoms with Crippen LogP contribution >= 0.6 is 0 Å². The molecule has 0 radical (unpaired) electrons. The average Bonchev–Trinajstić information content (AvgIpc) is 2.73. The number of piperidine rings is 2. The van der Waals surface area contributed by atoms with Crippen LogP contribution in [-0.4, -0.2) is 56.2 Å². The Morgan fingerprint density at radius 3 is 2.83 bits per heavy atom. The van der Waals surface area contributed by atoms with E-state index in [1.54, 1.807) is 24.8 Å². The number of amides is 2. The first kappa shape index (κ1) is 19.5. The smallest absolute Gasteiger partial charge is 0.227 e. The summed E-state index contributed by atoms with van der Waals surface area (Å²) in [5.41, 5.74) is 2.59. The molecule has 7 nitrogen and oxygen atoms in total. The van der Waals surface area contributed by atoms with E-state index in [0.29, 0.717) is 25.9 Å². The van der Waals surface area contributed by atoms with Crippen LogP contribution in [0.5, 0.6) is 0 Å². The van der Waals surface area contributed by atoms with Gasteiger partial charge in [-0.2, -0.15) is 0 Å². The van der Waals surface area contributed by atoms with Gasteiger partial charge < -0.3 is 9.80 Å². The molecule has 2 amide bonds. The van der Waals surface area contributed by atoms with Crippen LogP contribution in [-0.2, 0) is 22.6 Å². The molecule has 2 aromatic rings. The van der Waals surface area contributed by atoms with Crippen molar-refractivity contribution in [3.8, 4) is 0 Å². The molecule has 0 aliphatic carbocycles. The lowest BCUT2D eigenvalue weighted by atomic mass is 9.73. The molecule has 2 aliphatic rings. The molecule has 0 aromatic carbocycles. The molecule has 1 atom stereocenters. The fourth-order valence-electron chi connectivity index (χ4n) is 4.49. The summed E-state index contributed by atoms with van der Waals surface area (Å²) in [6.45, 7) is 4.57. The number of carbonyl (C=O) groups is 2. The van der Waals surface area contributed by atoms with Crippen LogP contribution in [0.1, 0.15) is 42.6 Å². The Morgan fingerprint density at radius 1 is 1.17 bits per heavy atom. The van der Waals surface area contributed by atoms with Gasteiger partial charge in [0.2, 0.25) is 11.8 Å². The molecule has 152 valence electrons. The second-order valence-corrected chi connectivity index (χ2v) is 8.36. The van der Waals surface area contributed by atoms with Crippen molar-refractivity contribution in [3.05, 3.63) is 53.9 Å². The predicted octanol–water partition coefficient (Wildman–Crippen LogP) is 2.15. The van der Waals surface area contributed by atoms with Crippen molar-refractivity contribution in [3.63, 3.8) is 0 Å². The summed E-state index contributed by atoms with van der Waals surface area (Å²) in [4.78, 5) is 42.1. The molecular weight excluding hydrogens is 366 g/mol. The molecule has 7 heteroatoms. The van der Waals surface area contributed by atoms with Crippen molar-refractivity contribution >= 4 is 11.8 Å². The number of aryl methyl sites for hydroxylation is 1. The van der Waals surface area contributed by atoms with Gasteiger partial charge in [0.15, 0.2) is 0 Å². The average molecular weight is 393 g/mol. The zero-order valence-corrected chi connectivity index (χ0v) is 16.9. The Hall–Kier alpha value is -2.83. The molecule has 2 saturated heterocycles. The van der Waals surface area contributed by atoms with Crippen molar-refractivity contribution < 1.29 is 9.59 Å². The predicted molar refractivity (Wildman–Crippen MR) is 108 cm³/mol. The van der Waals surface area contributed by atoms with Gasteiger partial charge in [-0.25, -0.2) is 0 Å². The highest BCUT2D eigenvalue weighted by Crippen LogP contribution is 2.39. The molecule has 0 bridgehead atoms. The molecule has 0 unspecified atom stereocenters. The minimum Gasteiger partial charge on any atom is -0.342 e. The molecule has 4 rings (SSSR count). The van der Waals surface area contributed by atoms with Gasteiger partial charge in [-0.3, -0.25) is 24.5 Å². The SMILES string of the molecule is Cc1cnc(CN2C[C@@]3(CCCN(C(=O)Cc4cccnc4)C3)CCC2=O)cn1. The van der Waals surface area contributed by atoms with Crippen molar-refractivity contribution in [2.45, 2.75) is 45.6 Å². The number of hydrogen-bond acceptors (Lipinski definition) is 5. The largest absolute Gasteiger partial charge is 0.342 e. The first-order valence-corrected chi connectivity index (χ1v) is 10.3. The Kier molecular flexibility index (Phi) is 5.56. The van der Waals surface area contributed by atoms with E-state index in [2.05, 4.69) is 15.0 Å². The van der Waals surface area contributed by atoms with E-state index in [0.717, 1.165) is 49.3 Å². The summed E-state index contributed by atoms with van der Waals surface area (Å²) >= 11 is 0. The number of rotatable bonds is 4. The summed E-state index contributed by atoms with van der Waals surface area (Å²) in [6, 6.07) is 3.80. The van der Waals surface area contributed by atoms with E-state index in [1.807, 2.05) is 28.9 Å². The van der Waals surface area contributed by atoms with E-state index < -0.39 is 0 Å². The normalized spacial score (nSPS) is 22.2. The fourth-order valence-corrected chi connectivity index (χ4v) is 4.49. The van der Waals surface area contributed by atoms with Crippen LogP contribution in [0, 0.1) is 12.3 Å². The number of carbonyl (C=O) groups excluding carboxylic acids is 2. The minimum absolute atomic E-state index is 0.0190.